The van der Waals surface area contributed by atoms with Crippen LogP contribution < -0.4 is 4.74 Å². The quantitative estimate of drug-likeness (QED) is 0.408. The minimum atomic E-state index is -0.933. The van der Waals surface area contributed by atoms with E-state index in [1.807, 2.05) is 6.07 Å². The lowest BCUT2D eigenvalue weighted by atomic mass is 9.43. The van der Waals surface area contributed by atoms with Crippen LogP contribution in [0, 0.1) is 28.1 Å². The third-order valence-electron chi connectivity index (χ3n) is 10.2. The van der Waals surface area contributed by atoms with Gasteiger partial charge in [0.1, 0.15) is 5.75 Å². The van der Waals surface area contributed by atoms with Crippen LogP contribution in [0.1, 0.15) is 108 Å². The van der Waals surface area contributed by atoms with Crippen LogP contribution in [0.25, 0.3) is 0 Å². The zero-order valence-corrected chi connectivity index (χ0v) is 22.6. The fraction of sp³-hybridized carbons (Fsp3) is 0.774. The van der Waals surface area contributed by atoms with Gasteiger partial charge in [0.2, 0.25) is 0 Å². The second-order valence-electron chi connectivity index (χ2n) is 12.3. The molecule has 1 saturated heterocycles. The van der Waals surface area contributed by atoms with Crippen LogP contribution in [-0.2, 0) is 15.9 Å². The van der Waals surface area contributed by atoms with Gasteiger partial charge in [-0.25, -0.2) is 0 Å². The highest BCUT2D eigenvalue weighted by molar-refractivity contribution is 5.46. The molecule has 0 spiro atoms. The molecule has 1 aliphatic heterocycles. The molecule has 0 radical (unpaired) electrons. The van der Waals surface area contributed by atoms with E-state index in [1.54, 1.807) is 7.11 Å². The van der Waals surface area contributed by atoms with Gasteiger partial charge in [-0.15, -0.1) is 0 Å². The van der Waals surface area contributed by atoms with Gasteiger partial charge >= 0.3 is 0 Å². The normalized spacial score (nSPS) is 39.5. The molecule has 36 heavy (non-hydrogen) atoms. The predicted molar refractivity (Wildman–Crippen MR) is 140 cm³/mol. The van der Waals surface area contributed by atoms with E-state index in [0.29, 0.717) is 6.42 Å². The Labute approximate surface area is 217 Å². The van der Waals surface area contributed by atoms with Gasteiger partial charge in [-0.05, 0) is 87.0 Å². The first-order valence-corrected chi connectivity index (χ1v) is 14.5. The molecule has 0 bridgehead atoms. The summed E-state index contributed by atoms with van der Waals surface area (Å²) in [5.41, 5.74) is 0.652. The Balaban J connectivity index is 1.54. The molecule has 198 valence electrons. The second-order valence-corrected chi connectivity index (χ2v) is 12.3. The van der Waals surface area contributed by atoms with Crippen molar-refractivity contribution in [3.8, 4) is 11.8 Å². The van der Waals surface area contributed by atoms with Crippen LogP contribution >= 0.6 is 0 Å². The molecule has 0 aromatic heterocycles. The first-order chi connectivity index (χ1) is 17.4. The molecule has 3 aliphatic carbocycles. The third-order valence-corrected chi connectivity index (χ3v) is 10.2. The molecule has 5 rings (SSSR count). The zero-order valence-electron chi connectivity index (χ0n) is 22.6. The Bertz CT molecular complexity index is 968. The van der Waals surface area contributed by atoms with Gasteiger partial charge in [0, 0.05) is 17.9 Å². The number of rotatable bonds is 8. The summed E-state index contributed by atoms with van der Waals surface area (Å²) < 4.78 is 18.2. The maximum absolute atomic E-state index is 12.7. The SMILES string of the molecule is CCCCCC[C@@]1(O)C[C@]2(C)[C@@H](OC3CCCCO3)CC[C@H]2[C@]2(C#N)CCc3cc(OC)ccc3[C@@H]12. The van der Waals surface area contributed by atoms with Crippen LogP contribution in [-0.4, -0.2) is 36.8 Å². The Morgan fingerprint density at radius 2 is 2.03 bits per heavy atom. The molecule has 1 aromatic rings. The Morgan fingerprint density at radius 1 is 1.17 bits per heavy atom. The summed E-state index contributed by atoms with van der Waals surface area (Å²) in [5, 5.41) is 23.7. The largest absolute Gasteiger partial charge is 0.497 e. The van der Waals surface area contributed by atoms with Gasteiger partial charge in [0.05, 0.1) is 30.3 Å². The van der Waals surface area contributed by atoms with Gasteiger partial charge in [0.25, 0.3) is 0 Å². The summed E-state index contributed by atoms with van der Waals surface area (Å²) in [6.07, 6.45) is 12.5. The maximum atomic E-state index is 12.7. The lowest BCUT2D eigenvalue weighted by Gasteiger charge is -2.61. The molecule has 7 atom stereocenters. The number of aryl methyl sites for hydroxylation is 1. The number of hydrogen-bond donors (Lipinski definition) is 1. The predicted octanol–water partition coefficient (Wildman–Crippen LogP) is 6.67. The average Bonchev–Trinajstić information content (AvgIpc) is 3.21. The van der Waals surface area contributed by atoms with Crippen LogP contribution in [0.2, 0.25) is 0 Å². The summed E-state index contributed by atoms with van der Waals surface area (Å²) in [6.45, 7) is 5.30. The van der Waals surface area contributed by atoms with E-state index in [2.05, 4.69) is 32.0 Å². The molecular weight excluding hydrogens is 450 g/mol. The number of benzene rings is 1. The van der Waals surface area contributed by atoms with Crippen molar-refractivity contribution in [1.82, 2.24) is 0 Å². The molecule has 5 nitrogen and oxygen atoms in total. The van der Waals surface area contributed by atoms with Crippen molar-refractivity contribution >= 4 is 0 Å². The topological polar surface area (TPSA) is 71.7 Å². The third kappa shape index (κ3) is 4.28. The van der Waals surface area contributed by atoms with Crippen molar-refractivity contribution in [3.63, 3.8) is 0 Å². The van der Waals surface area contributed by atoms with E-state index < -0.39 is 11.0 Å². The van der Waals surface area contributed by atoms with Gasteiger partial charge in [-0.2, -0.15) is 5.26 Å². The van der Waals surface area contributed by atoms with E-state index in [0.717, 1.165) is 76.6 Å². The molecule has 1 unspecified atom stereocenters. The second kappa shape index (κ2) is 10.3. The van der Waals surface area contributed by atoms with E-state index in [1.165, 1.54) is 24.0 Å². The molecule has 4 aliphatic rings. The van der Waals surface area contributed by atoms with E-state index in [9.17, 15) is 10.4 Å². The Kier molecular flexibility index (Phi) is 7.42. The number of fused-ring (bicyclic) bond motifs is 5. The standard InChI is InChI=1S/C31H45NO4/c1-4-5-6-8-16-31(33)20-29(2)25(13-14-26(29)36-27-10-7-9-18-35-27)30(21-32)17-15-22-19-23(34-3)11-12-24(22)28(30)31/h11-12,19,25-28,33H,4-10,13-18,20H2,1-3H3/t25-,26+,27?,28-,29+,30-,31-/m1/s1. The number of aliphatic hydroxyl groups is 1. The van der Waals surface area contributed by atoms with E-state index in [4.69, 9.17) is 14.2 Å². The minimum absolute atomic E-state index is 0.0243. The van der Waals surface area contributed by atoms with Gasteiger partial charge in [-0.1, -0.05) is 45.6 Å². The fourth-order valence-electron chi connectivity index (χ4n) is 8.68. The summed E-state index contributed by atoms with van der Waals surface area (Å²) in [4.78, 5) is 0. The van der Waals surface area contributed by atoms with Crippen LogP contribution in [0.5, 0.6) is 5.75 Å². The molecule has 1 N–H and O–H groups in total. The average molecular weight is 496 g/mol. The van der Waals surface area contributed by atoms with E-state index >= 15 is 0 Å². The summed E-state index contributed by atoms with van der Waals surface area (Å²) in [6, 6.07) is 9.17. The molecule has 1 heterocycles. The van der Waals surface area contributed by atoms with Crippen LogP contribution in [0.15, 0.2) is 18.2 Å². The first-order valence-electron chi connectivity index (χ1n) is 14.5. The van der Waals surface area contributed by atoms with Crippen molar-refractivity contribution in [2.45, 2.75) is 121 Å². The number of unbranched alkanes of at least 4 members (excludes halogenated alkanes) is 3. The lowest BCUT2D eigenvalue weighted by Crippen LogP contribution is -2.62. The highest BCUT2D eigenvalue weighted by atomic mass is 16.7. The van der Waals surface area contributed by atoms with Crippen molar-refractivity contribution in [3.05, 3.63) is 29.3 Å². The van der Waals surface area contributed by atoms with Crippen LogP contribution in [0.4, 0.5) is 0 Å². The van der Waals surface area contributed by atoms with Gasteiger partial charge < -0.3 is 19.3 Å². The highest BCUT2D eigenvalue weighted by Crippen LogP contribution is 2.70. The number of nitrogens with zero attached hydrogens (tertiary/aromatic N) is 1. The molecule has 5 heteroatoms. The molecule has 3 fully saturated rings. The highest BCUT2D eigenvalue weighted by Gasteiger charge is 2.69. The van der Waals surface area contributed by atoms with Gasteiger partial charge in [0.15, 0.2) is 6.29 Å². The Hall–Kier alpha value is -1.61. The number of methoxy groups -OCH3 is 1. The van der Waals surface area contributed by atoms with Crippen molar-refractivity contribution in [1.29, 1.82) is 5.26 Å². The summed E-state index contributed by atoms with van der Waals surface area (Å²) in [5.74, 6) is 0.890. The van der Waals surface area contributed by atoms with Crippen molar-refractivity contribution < 1.29 is 19.3 Å². The molecule has 2 saturated carbocycles. The molecule has 0 amide bonds. The molecular formula is C31H45NO4. The number of hydrogen-bond acceptors (Lipinski definition) is 5. The number of ether oxygens (including phenoxy) is 3. The monoisotopic (exact) mass is 495 g/mol. The van der Waals surface area contributed by atoms with Crippen molar-refractivity contribution in [2.24, 2.45) is 16.7 Å². The fourth-order valence-corrected chi connectivity index (χ4v) is 8.68. The van der Waals surface area contributed by atoms with Crippen molar-refractivity contribution in [2.75, 3.05) is 13.7 Å². The maximum Gasteiger partial charge on any atom is 0.157 e. The Morgan fingerprint density at radius 3 is 2.75 bits per heavy atom. The summed E-state index contributed by atoms with van der Waals surface area (Å²) >= 11 is 0. The first kappa shape index (κ1) is 26.0. The molecule has 1 aromatic carbocycles. The zero-order chi connectivity index (χ0) is 25.4. The van der Waals surface area contributed by atoms with E-state index in [-0.39, 0.29) is 29.6 Å². The van der Waals surface area contributed by atoms with Gasteiger partial charge in [-0.3, -0.25) is 0 Å². The minimum Gasteiger partial charge on any atom is -0.497 e. The van der Waals surface area contributed by atoms with Crippen LogP contribution in [0.3, 0.4) is 0 Å². The number of nitriles is 1. The lowest BCUT2D eigenvalue weighted by molar-refractivity contribution is -0.232. The summed E-state index contributed by atoms with van der Waals surface area (Å²) in [7, 11) is 1.70. The smallest absolute Gasteiger partial charge is 0.157 e.